The highest BCUT2D eigenvalue weighted by Gasteiger charge is 2.19. The third kappa shape index (κ3) is 5.50. The van der Waals surface area contributed by atoms with Crippen LogP contribution in [0.5, 0.6) is 5.75 Å². The maximum absolute atomic E-state index is 12.6. The van der Waals surface area contributed by atoms with Crippen LogP contribution in [0.3, 0.4) is 0 Å². The summed E-state index contributed by atoms with van der Waals surface area (Å²) in [6.07, 6.45) is 6.14. The van der Waals surface area contributed by atoms with Gasteiger partial charge in [0.05, 0.1) is 19.3 Å². The Bertz CT molecular complexity index is 814. The highest BCUT2D eigenvalue weighted by molar-refractivity contribution is 6.02. The van der Waals surface area contributed by atoms with Crippen molar-refractivity contribution in [2.24, 2.45) is 0 Å². The summed E-state index contributed by atoms with van der Waals surface area (Å²) >= 11 is 0. The summed E-state index contributed by atoms with van der Waals surface area (Å²) in [7, 11) is 0. The van der Waals surface area contributed by atoms with Crippen molar-refractivity contribution in [3.05, 3.63) is 41.7 Å². The topological polar surface area (TPSA) is 77.4 Å². The summed E-state index contributed by atoms with van der Waals surface area (Å²) in [6, 6.07) is 7.83. The highest BCUT2D eigenvalue weighted by atomic mass is 35.5. The number of piperidine rings is 1. The van der Waals surface area contributed by atoms with Gasteiger partial charge in [-0.3, -0.25) is 9.48 Å². The van der Waals surface area contributed by atoms with Crippen LogP contribution in [0.2, 0.25) is 0 Å². The van der Waals surface area contributed by atoms with Gasteiger partial charge in [-0.25, -0.2) is 0 Å². The minimum Gasteiger partial charge on any atom is -0.490 e. The number of aromatic nitrogens is 2. The fourth-order valence-corrected chi connectivity index (χ4v) is 3.75. The predicted molar refractivity (Wildman–Crippen MR) is 114 cm³/mol. The Hall–Kier alpha value is -2.09. The molecule has 1 atom stereocenters. The Balaban J connectivity index is 0.00000240. The normalized spacial score (nSPS) is 20.0. The first-order chi connectivity index (χ1) is 13.7. The number of ether oxygens (including phenoxy) is 2. The number of nitrogens with zero attached hydrogens (tertiary/aromatic N) is 2. The molecule has 2 aromatic rings. The van der Waals surface area contributed by atoms with Crippen LogP contribution in [0.25, 0.3) is 0 Å². The molecule has 2 fully saturated rings. The van der Waals surface area contributed by atoms with Gasteiger partial charge in [0.15, 0.2) is 5.69 Å². The van der Waals surface area contributed by atoms with Gasteiger partial charge in [-0.15, -0.1) is 12.4 Å². The van der Waals surface area contributed by atoms with Gasteiger partial charge in [-0.2, -0.15) is 5.10 Å². The zero-order valence-corrected chi connectivity index (χ0v) is 17.5. The molecule has 2 N–H and O–H groups in total. The molecule has 2 aliphatic heterocycles. The second kappa shape index (κ2) is 10.1. The van der Waals surface area contributed by atoms with E-state index >= 15 is 0 Å². The first-order valence-electron chi connectivity index (χ1n) is 10.1. The van der Waals surface area contributed by atoms with Gasteiger partial charge >= 0.3 is 0 Å². The van der Waals surface area contributed by atoms with E-state index in [0.29, 0.717) is 11.7 Å². The average Bonchev–Trinajstić information content (AvgIpc) is 3.22. The van der Waals surface area contributed by atoms with Crippen molar-refractivity contribution >= 4 is 24.0 Å². The van der Waals surface area contributed by atoms with Crippen LogP contribution in [-0.4, -0.2) is 48.1 Å². The van der Waals surface area contributed by atoms with Crippen molar-refractivity contribution in [3.8, 4) is 5.75 Å². The van der Waals surface area contributed by atoms with Gasteiger partial charge in [0.1, 0.15) is 11.9 Å². The van der Waals surface area contributed by atoms with E-state index in [1.807, 2.05) is 36.0 Å². The lowest BCUT2D eigenvalue weighted by Crippen LogP contribution is -2.32. The Labute approximate surface area is 177 Å². The van der Waals surface area contributed by atoms with Crippen LogP contribution in [0.4, 0.5) is 5.69 Å². The van der Waals surface area contributed by atoms with Crippen LogP contribution in [0, 0.1) is 6.92 Å². The molecular weight excluding hydrogens is 392 g/mol. The Kier molecular flexibility index (Phi) is 7.52. The number of hydrogen-bond acceptors (Lipinski definition) is 5. The SMILES string of the molecule is Cc1cc(NC(=O)c2ccn(C3CCCNC3)n2)ccc1OC1CCOCC1.Cl. The van der Waals surface area contributed by atoms with Crippen LogP contribution in [-0.2, 0) is 4.74 Å². The number of carbonyl (C=O) groups is 1. The summed E-state index contributed by atoms with van der Waals surface area (Å²) < 4.78 is 13.4. The van der Waals surface area contributed by atoms with Crippen molar-refractivity contribution in [1.29, 1.82) is 0 Å². The number of halogens is 1. The van der Waals surface area contributed by atoms with E-state index in [-0.39, 0.29) is 24.4 Å². The van der Waals surface area contributed by atoms with Crippen LogP contribution in [0.15, 0.2) is 30.5 Å². The third-order valence-corrected chi connectivity index (χ3v) is 5.38. The van der Waals surface area contributed by atoms with Gasteiger partial charge in [-0.1, -0.05) is 0 Å². The lowest BCUT2D eigenvalue weighted by atomic mass is 10.1. The molecule has 1 unspecified atom stereocenters. The molecule has 1 amide bonds. The smallest absolute Gasteiger partial charge is 0.276 e. The number of hydrogen-bond donors (Lipinski definition) is 2. The van der Waals surface area contributed by atoms with Gasteiger partial charge in [0.25, 0.3) is 5.91 Å². The molecule has 1 aromatic carbocycles. The number of anilines is 1. The lowest BCUT2D eigenvalue weighted by molar-refractivity contribution is 0.0253. The van der Waals surface area contributed by atoms with Crippen molar-refractivity contribution in [2.45, 2.75) is 44.8 Å². The molecule has 0 saturated carbocycles. The number of nitrogens with one attached hydrogen (secondary N) is 2. The molecule has 2 aliphatic rings. The quantitative estimate of drug-likeness (QED) is 0.775. The zero-order chi connectivity index (χ0) is 19.3. The molecule has 3 heterocycles. The minimum absolute atomic E-state index is 0. The van der Waals surface area contributed by atoms with E-state index < -0.39 is 0 Å². The fourth-order valence-electron chi connectivity index (χ4n) is 3.75. The average molecular weight is 421 g/mol. The first kappa shape index (κ1) is 21.6. The molecule has 0 spiro atoms. The van der Waals surface area contributed by atoms with E-state index in [9.17, 15) is 4.79 Å². The molecule has 29 heavy (non-hydrogen) atoms. The van der Waals surface area contributed by atoms with Crippen LogP contribution >= 0.6 is 12.4 Å². The molecule has 7 nitrogen and oxygen atoms in total. The molecule has 0 aliphatic carbocycles. The Morgan fingerprint density at radius 3 is 2.83 bits per heavy atom. The van der Waals surface area contributed by atoms with Gasteiger partial charge in [0.2, 0.25) is 0 Å². The number of amides is 1. The van der Waals surface area contributed by atoms with E-state index in [2.05, 4.69) is 15.7 Å². The van der Waals surface area contributed by atoms with Gasteiger partial charge in [0, 0.05) is 31.3 Å². The van der Waals surface area contributed by atoms with E-state index in [0.717, 1.165) is 69.0 Å². The molecular formula is C21H29ClN4O3. The Morgan fingerprint density at radius 1 is 1.28 bits per heavy atom. The summed E-state index contributed by atoms with van der Waals surface area (Å²) in [5.74, 6) is 0.666. The standard InChI is InChI=1S/C21H28N4O3.ClH/c1-15-13-16(4-5-20(15)28-18-7-11-27-12-8-18)23-21(26)19-6-10-25(24-19)17-3-2-9-22-14-17;/h4-6,10,13,17-18,22H,2-3,7-9,11-12,14H2,1H3,(H,23,26);1H. The van der Waals surface area contributed by atoms with Crippen molar-refractivity contribution in [1.82, 2.24) is 15.1 Å². The monoisotopic (exact) mass is 420 g/mol. The van der Waals surface area contributed by atoms with Crippen LogP contribution in [0.1, 0.15) is 47.8 Å². The number of rotatable bonds is 5. The second-order valence-corrected chi connectivity index (χ2v) is 7.55. The number of carbonyl (C=O) groups excluding carboxylic acids is 1. The maximum atomic E-state index is 12.6. The Morgan fingerprint density at radius 2 is 2.10 bits per heavy atom. The first-order valence-corrected chi connectivity index (χ1v) is 10.1. The van der Waals surface area contributed by atoms with E-state index in [4.69, 9.17) is 9.47 Å². The number of benzene rings is 1. The fraction of sp³-hybridized carbons (Fsp3) is 0.524. The van der Waals surface area contributed by atoms with Gasteiger partial charge in [-0.05, 0) is 56.1 Å². The van der Waals surface area contributed by atoms with E-state index in [1.165, 1.54) is 0 Å². The molecule has 4 rings (SSSR count). The summed E-state index contributed by atoms with van der Waals surface area (Å²) in [6.45, 7) is 5.45. The zero-order valence-electron chi connectivity index (χ0n) is 16.7. The largest absolute Gasteiger partial charge is 0.490 e. The molecule has 1 aromatic heterocycles. The lowest BCUT2D eigenvalue weighted by Gasteiger charge is -2.24. The minimum atomic E-state index is -0.194. The third-order valence-electron chi connectivity index (χ3n) is 5.38. The molecule has 0 bridgehead atoms. The molecule has 8 heteroatoms. The highest BCUT2D eigenvalue weighted by Crippen LogP contribution is 2.25. The van der Waals surface area contributed by atoms with Crippen molar-refractivity contribution in [2.75, 3.05) is 31.6 Å². The van der Waals surface area contributed by atoms with E-state index in [1.54, 1.807) is 6.07 Å². The maximum Gasteiger partial charge on any atom is 0.276 e. The summed E-state index contributed by atoms with van der Waals surface area (Å²) in [5, 5.41) is 10.8. The predicted octanol–water partition coefficient (Wildman–Crippen LogP) is 3.35. The molecule has 2 saturated heterocycles. The summed E-state index contributed by atoms with van der Waals surface area (Å²) in [5.41, 5.74) is 2.18. The van der Waals surface area contributed by atoms with Crippen molar-refractivity contribution < 1.29 is 14.3 Å². The van der Waals surface area contributed by atoms with Crippen molar-refractivity contribution in [3.63, 3.8) is 0 Å². The summed E-state index contributed by atoms with van der Waals surface area (Å²) in [4.78, 5) is 12.6. The second-order valence-electron chi connectivity index (χ2n) is 7.55. The number of aryl methyl sites for hydroxylation is 1. The molecule has 158 valence electrons. The van der Waals surface area contributed by atoms with Gasteiger partial charge < -0.3 is 20.1 Å². The van der Waals surface area contributed by atoms with Crippen LogP contribution < -0.4 is 15.4 Å². The molecule has 0 radical (unpaired) electrons.